The van der Waals surface area contributed by atoms with Crippen LogP contribution in [0.15, 0.2) is 60.0 Å². The van der Waals surface area contributed by atoms with Crippen molar-refractivity contribution in [3.63, 3.8) is 0 Å². The Balaban J connectivity index is 1.53. The molecule has 47 heavy (non-hydrogen) atoms. The summed E-state index contributed by atoms with van der Waals surface area (Å²) in [4.78, 5) is 71.2. The maximum absolute atomic E-state index is 13.4. The van der Waals surface area contributed by atoms with E-state index in [2.05, 4.69) is 31.6 Å². The molecule has 0 fully saturated rings. The monoisotopic (exact) mass is 662 g/mol. The number of thiazole rings is 1. The van der Waals surface area contributed by atoms with E-state index < -0.39 is 47.7 Å². The Kier molecular flexibility index (Phi) is 12.5. The first-order chi connectivity index (χ1) is 22.5. The maximum atomic E-state index is 13.4. The Morgan fingerprint density at radius 2 is 1.79 bits per heavy atom. The van der Waals surface area contributed by atoms with Crippen LogP contribution in [0, 0.1) is 6.92 Å². The first-order valence-corrected chi connectivity index (χ1v) is 16.5. The number of nitrogens with zero attached hydrogens (tertiary/aromatic N) is 1. The fraction of sp³-hybridized carbons (Fsp3) is 0.412. The summed E-state index contributed by atoms with van der Waals surface area (Å²) in [6, 6.07) is 13.7. The van der Waals surface area contributed by atoms with Gasteiger partial charge in [0.15, 0.2) is 0 Å². The minimum absolute atomic E-state index is 0.192. The van der Waals surface area contributed by atoms with Gasteiger partial charge in [-0.3, -0.25) is 24.0 Å². The van der Waals surface area contributed by atoms with Gasteiger partial charge in [0.05, 0.1) is 23.6 Å². The quantitative estimate of drug-likeness (QED) is 0.242. The second-order valence-electron chi connectivity index (χ2n) is 11.9. The summed E-state index contributed by atoms with van der Waals surface area (Å²) in [5.41, 5.74) is 0.534. The van der Waals surface area contributed by atoms with Crippen molar-refractivity contribution < 1.29 is 28.7 Å². The van der Waals surface area contributed by atoms with Crippen molar-refractivity contribution in [2.24, 2.45) is 0 Å². The highest BCUT2D eigenvalue weighted by molar-refractivity contribution is 7.09. The summed E-state index contributed by atoms with van der Waals surface area (Å²) in [7, 11) is 0. The SMILES string of the molecule is Cc1csc(CCCNC(=O)[C@@H]2CC(=O)NC(C)(C)C(=O)N[C@@H](Cc3ccccc3)C(=O)NCCCOc3ccccc3C(=O)N2)n1. The standard InChI is InChI=1S/C34H42N6O6S/c1-22-21-47-29(37-22)15-9-16-35-32(44)26-20-28(41)40-34(2,3)33(45)39-25(19-23-11-5-4-6-12-23)31(43)36-17-10-18-46-27-14-8-7-13-24(27)30(42)38-26/h4-8,11-14,21,25-26H,9-10,15-20H2,1-3H3,(H,35,44)(H,36,43)(H,38,42)(H,39,45)(H,40,41)/t25-,26-/m0/s1. The summed E-state index contributed by atoms with van der Waals surface area (Å²) < 4.78 is 5.88. The van der Waals surface area contributed by atoms with Crippen molar-refractivity contribution >= 4 is 40.9 Å². The van der Waals surface area contributed by atoms with E-state index in [1.807, 2.05) is 42.6 Å². The van der Waals surface area contributed by atoms with Crippen LogP contribution in [0.4, 0.5) is 0 Å². The molecule has 250 valence electrons. The van der Waals surface area contributed by atoms with Crippen LogP contribution >= 0.6 is 11.3 Å². The lowest BCUT2D eigenvalue weighted by molar-refractivity contribution is -0.135. The van der Waals surface area contributed by atoms with Gasteiger partial charge in [0, 0.05) is 37.0 Å². The molecule has 0 saturated carbocycles. The number of carbonyl (C=O) groups is 5. The molecule has 5 amide bonds. The van der Waals surface area contributed by atoms with E-state index in [1.165, 1.54) is 13.8 Å². The van der Waals surface area contributed by atoms with E-state index in [1.54, 1.807) is 35.6 Å². The van der Waals surface area contributed by atoms with Gasteiger partial charge in [-0.05, 0) is 51.3 Å². The number of hydrogen-bond acceptors (Lipinski definition) is 8. The summed E-state index contributed by atoms with van der Waals surface area (Å²) in [5, 5.41) is 16.7. The van der Waals surface area contributed by atoms with Gasteiger partial charge in [-0.25, -0.2) is 4.98 Å². The Bertz CT molecular complexity index is 1560. The van der Waals surface area contributed by atoms with E-state index in [4.69, 9.17) is 4.74 Å². The Labute approximate surface area is 278 Å². The smallest absolute Gasteiger partial charge is 0.255 e. The topological polar surface area (TPSA) is 168 Å². The molecule has 1 aliphatic rings. The Morgan fingerprint density at radius 1 is 1.04 bits per heavy atom. The highest BCUT2D eigenvalue weighted by Crippen LogP contribution is 2.19. The van der Waals surface area contributed by atoms with E-state index in [-0.39, 0.29) is 31.0 Å². The second kappa shape index (κ2) is 16.7. The lowest BCUT2D eigenvalue weighted by Crippen LogP contribution is -2.60. The molecule has 2 aromatic carbocycles. The van der Waals surface area contributed by atoms with Crippen molar-refractivity contribution in [1.29, 1.82) is 0 Å². The zero-order valence-corrected chi connectivity index (χ0v) is 27.7. The molecule has 0 aliphatic carbocycles. The summed E-state index contributed by atoms with van der Waals surface area (Å²) in [5.74, 6) is -2.44. The van der Waals surface area contributed by atoms with E-state index in [0.29, 0.717) is 31.6 Å². The highest BCUT2D eigenvalue weighted by Gasteiger charge is 2.35. The molecule has 3 aromatic rings. The molecule has 0 spiro atoms. The molecule has 4 rings (SSSR count). The third-order valence-corrected chi connectivity index (χ3v) is 8.50. The fourth-order valence-corrected chi connectivity index (χ4v) is 5.76. The number of rotatable bonds is 7. The molecule has 2 heterocycles. The molecule has 5 N–H and O–H groups in total. The number of aryl methyl sites for hydroxylation is 2. The zero-order valence-electron chi connectivity index (χ0n) is 26.9. The largest absolute Gasteiger partial charge is 0.493 e. The average Bonchev–Trinajstić information content (AvgIpc) is 3.46. The van der Waals surface area contributed by atoms with E-state index >= 15 is 0 Å². The van der Waals surface area contributed by atoms with Crippen molar-refractivity contribution in [3.8, 4) is 5.75 Å². The number of para-hydroxylation sites is 1. The van der Waals surface area contributed by atoms with Gasteiger partial charge < -0.3 is 31.3 Å². The lowest BCUT2D eigenvalue weighted by Gasteiger charge is -2.29. The van der Waals surface area contributed by atoms with Crippen molar-refractivity contribution in [2.45, 2.75) is 70.5 Å². The van der Waals surface area contributed by atoms with Gasteiger partial charge in [-0.2, -0.15) is 0 Å². The third kappa shape index (κ3) is 10.6. The number of benzene rings is 2. The van der Waals surface area contributed by atoms with Crippen molar-refractivity contribution in [3.05, 3.63) is 81.8 Å². The van der Waals surface area contributed by atoms with Gasteiger partial charge in [-0.15, -0.1) is 11.3 Å². The summed E-state index contributed by atoms with van der Waals surface area (Å²) in [6.45, 7) is 5.71. The van der Waals surface area contributed by atoms with Crippen LogP contribution in [0.1, 0.15) is 59.7 Å². The van der Waals surface area contributed by atoms with Gasteiger partial charge in [0.2, 0.25) is 23.6 Å². The summed E-state index contributed by atoms with van der Waals surface area (Å²) >= 11 is 1.55. The number of carbonyl (C=O) groups excluding carboxylic acids is 5. The molecule has 0 radical (unpaired) electrons. The Morgan fingerprint density at radius 3 is 2.53 bits per heavy atom. The predicted molar refractivity (Wildman–Crippen MR) is 178 cm³/mol. The maximum Gasteiger partial charge on any atom is 0.255 e. The van der Waals surface area contributed by atoms with Crippen LogP contribution in [0.3, 0.4) is 0 Å². The molecule has 0 unspecified atom stereocenters. The van der Waals surface area contributed by atoms with Crippen LogP contribution < -0.4 is 31.3 Å². The first kappa shape index (κ1) is 35.1. The number of amides is 5. The van der Waals surface area contributed by atoms with Crippen LogP contribution in [0.2, 0.25) is 0 Å². The van der Waals surface area contributed by atoms with Crippen LogP contribution in [-0.2, 0) is 32.0 Å². The number of nitrogens with one attached hydrogen (secondary N) is 5. The highest BCUT2D eigenvalue weighted by atomic mass is 32.1. The molecule has 2 atom stereocenters. The molecule has 12 nitrogen and oxygen atoms in total. The first-order valence-electron chi connectivity index (χ1n) is 15.7. The minimum Gasteiger partial charge on any atom is -0.493 e. The second-order valence-corrected chi connectivity index (χ2v) is 12.8. The van der Waals surface area contributed by atoms with Crippen LogP contribution in [-0.4, -0.2) is 71.8 Å². The molecular formula is C34H42N6O6S. The van der Waals surface area contributed by atoms with Crippen molar-refractivity contribution in [1.82, 2.24) is 31.6 Å². The fourth-order valence-electron chi connectivity index (χ4n) is 4.95. The van der Waals surface area contributed by atoms with Crippen LogP contribution in [0.25, 0.3) is 0 Å². The van der Waals surface area contributed by atoms with Crippen molar-refractivity contribution in [2.75, 3.05) is 19.7 Å². The normalized spacial score (nSPS) is 19.4. The minimum atomic E-state index is -1.45. The lowest BCUT2D eigenvalue weighted by atomic mass is 10.00. The molecule has 0 bridgehead atoms. The number of aromatic nitrogens is 1. The number of hydrogen-bond donors (Lipinski definition) is 5. The van der Waals surface area contributed by atoms with Gasteiger partial charge in [0.25, 0.3) is 5.91 Å². The molecule has 1 aromatic heterocycles. The molecule has 0 saturated heterocycles. The predicted octanol–water partition coefficient (Wildman–Crippen LogP) is 2.21. The number of ether oxygens (including phenoxy) is 1. The zero-order chi connectivity index (χ0) is 33.8. The third-order valence-electron chi connectivity index (χ3n) is 7.48. The number of fused-ring (bicyclic) bond motifs is 1. The van der Waals surface area contributed by atoms with E-state index in [9.17, 15) is 24.0 Å². The molecular weight excluding hydrogens is 620 g/mol. The van der Waals surface area contributed by atoms with Crippen LogP contribution in [0.5, 0.6) is 5.75 Å². The molecule has 1 aliphatic heterocycles. The molecule has 13 heteroatoms. The summed E-state index contributed by atoms with van der Waals surface area (Å²) in [6.07, 6.45) is 1.53. The van der Waals surface area contributed by atoms with Gasteiger partial charge in [-0.1, -0.05) is 42.5 Å². The van der Waals surface area contributed by atoms with E-state index in [0.717, 1.165) is 16.3 Å². The van der Waals surface area contributed by atoms with Gasteiger partial charge >= 0.3 is 0 Å². The van der Waals surface area contributed by atoms with Gasteiger partial charge in [0.1, 0.15) is 23.4 Å². The average molecular weight is 663 g/mol. The Hall–Kier alpha value is -4.78.